The number of nitrogens with zero attached hydrogens (tertiary/aromatic N) is 1. The monoisotopic (exact) mass is 379 g/mol. The summed E-state index contributed by atoms with van der Waals surface area (Å²) < 4.78 is 0. The summed E-state index contributed by atoms with van der Waals surface area (Å²) in [4.78, 5) is 26.2. The molecule has 1 heterocycles. The lowest BCUT2D eigenvalue weighted by Crippen LogP contribution is -2.31. The number of rotatable bonds is 6. The molecule has 2 N–H and O–H groups in total. The van der Waals surface area contributed by atoms with Crippen molar-refractivity contribution in [2.24, 2.45) is 0 Å². The van der Waals surface area contributed by atoms with Gasteiger partial charge in [0.15, 0.2) is 5.78 Å². The first kappa shape index (κ1) is 19.9. The van der Waals surface area contributed by atoms with E-state index in [9.17, 15) is 9.59 Å². The molecule has 1 aliphatic rings. The lowest BCUT2D eigenvalue weighted by Gasteiger charge is -2.23. The zero-order valence-electron chi connectivity index (χ0n) is 16.7. The second-order valence-electron chi connectivity index (χ2n) is 7.44. The summed E-state index contributed by atoms with van der Waals surface area (Å²) in [6, 6.07) is 14.9. The molecule has 5 heteroatoms. The molecule has 0 aromatic heterocycles. The molecule has 0 unspecified atom stereocenters. The topological polar surface area (TPSA) is 61.4 Å². The zero-order valence-corrected chi connectivity index (χ0v) is 16.7. The van der Waals surface area contributed by atoms with Crippen LogP contribution >= 0.6 is 0 Å². The second kappa shape index (κ2) is 9.40. The van der Waals surface area contributed by atoms with Gasteiger partial charge in [-0.2, -0.15) is 0 Å². The number of Topliss-reactive ketones (excluding diaryl/α,β-unsaturated/α-hetero) is 1. The molecule has 28 heavy (non-hydrogen) atoms. The van der Waals surface area contributed by atoms with E-state index in [1.165, 1.54) is 38.3 Å². The molecule has 1 fully saturated rings. The zero-order chi connectivity index (χ0) is 19.9. The van der Waals surface area contributed by atoms with Crippen molar-refractivity contribution >= 4 is 28.8 Å². The van der Waals surface area contributed by atoms with E-state index in [0.717, 1.165) is 18.8 Å². The molecule has 0 bridgehead atoms. The van der Waals surface area contributed by atoms with Crippen LogP contribution in [0.4, 0.5) is 17.1 Å². The van der Waals surface area contributed by atoms with Crippen molar-refractivity contribution in [3.8, 4) is 0 Å². The molecular formula is C23H29N3O2. The first-order chi connectivity index (χ1) is 13.5. The minimum absolute atomic E-state index is 0.0107. The Bertz CT molecular complexity index is 792. The van der Waals surface area contributed by atoms with Crippen molar-refractivity contribution < 1.29 is 9.59 Å². The van der Waals surface area contributed by atoms with Crippen LogP contribution in [0.1, 0.15) is 49.9 Å². The van der Waals surface area contributed by atoms with Crippen molar-refractivity contribution in [1.29, 1.82) is 0 Å². The molecule has 0 saturated carbocycles. The number of benzene rings is 2. The van der Waals surface area contributed by atoms with Gasteiger partial charge in [0, 0.05) is 35.7 Å². The molecule has 0 spiro atoms. The van der Waals surface area contributed by atoms with Crippen molar-refractivity contribution in [3.05, 3.63) is 54.1 Å². The van der Waals surface area contributed by atoms with Gasteiger partial charge in [-0.1, -0.05) is 12.8 Å². The Hall–Kier alpha value is -2.82. The molecule has 1 aliphatic heterocycles. The SMILES string of the molecule is CC(=O)c1ccc(NC(=O)[C@@H](C)Nc2ccc(N3CCCCCC3)cc2)cc1. The van der Waals surface area contributed by atoms with E-state index < -0.39 is 0 Å². The van der Waals surface area contributed by atoms with Gasteiger partial charge in [-0.05, 0) is 75.2 Å². The molecule has 2 aromatic carbocycles. The van der Waals surface area contributed by atoms with E-state index in [1.54, 1.807) is 24.3 Å². The Morgan fingerprint density at radius 2 is 1.43 bits per heavy atom. The summed E-state index contributed by atoms with van der Waals surface area (Å²) in [6.45, 7) is 5.60. The van der Waals surface area contributed by atoms with Crippen LogP contribution in [0.15, 0.2) is 48.5 Å². The quantitative estimate of drug-likeness (QED) is 0.714. The van der Waals surface area contributed by atoms with Crippen molar-refractivity contribution in [2.45, 2.75) is 45.6 Å². The number of hydrogen-bond acceptors (Lipinski definition) is 4. The predicted octanol–water partition coefficient (Wildman–Crippen LogP) is 4.71. The third-order valence-electron chi connectivity index (χ3n) is 5.17. The van der Waals surface area contributed by atoms with Crippen LogP contribution in [0.2, 0.25) is 0 Å². The van der Waals surface area contributed by atoms with Crippen molar-refractivity contribution in [3.63, 3.8) is 0 Å². The number of hydrogen-bond donors (Lipinski definition) is 2. The van der Waals surface area contributed by atoms with E-state index in [2.05, 4.69) is 27.7 Å². The van der Waals surface area contributed by atoms with Gasteiger partial charge in [-0.15, -0.1) is 0 Å². The number of amides is 1. The van der Waals surface area contributed by atoms with Gasteiger partial charge in [0.05, 0.1) is 0 Å². The average Bonchev–Trinajstić information content (AvgIpc) is 2.98. The Labute approximate surface area is 167 Å². The maximum Gasteiger partial charge on any atom is 0.246 e. The fourth-order valence-electron chi connectivity index (χ4n) is 3.45. The molecule has 1 saturated heterocycles. The number of nitrogens with one attached hydrogen (secondary N) is 2. The normalized spacial score (nSPS) is 15.4. The van der Waals surface area contributed by atoms with E-state index in [-0.39, 0.29) is 17.7 Å². The number of carbonyl (C=O) groups excluding carboxylic acids is 2. The molecule has 148 valence electrons. The second-order valence-corrected chi connectivity index (χ2v) is 7.44. The minimum Gasteiger partial charge on any atom is -0.374 e. The molecule has 1 atom stereocenters. The van der Waals surface area contributed by atoms with Crippen LogP contribution in [0.5, 0.6) is 0 Å². The first-order valence-corrected chi connectivity index (χ1v) is 10.1. The summed E-state index contributed by atoms with van der Waals surface area (Å²) >= 11 is 0. The average molecular weight is 380 g/mol. The van der Waals surface area contributed by atoms with Crippen LogP contribution < -0.4 is 15.5 Å². The predicted molar refractivity (Wildman–Crippen MR) is 115 cm³/mol. The standard InChI is InChI=1S/C23H29N3O2/c1-17(23(28)25-21-9-7-19(8-10-21)18(2)27)24-20-11-13-22(14-12-20)26-15-5-3-4-6-16-26/h7-14,17,24H,3-6,15-16H2,1-2H3,(H,25,28)/t17-/m1/s1. The van der Waals surface area contributed by atoms with Gasteiger partial charge in [0.25, 0.3) is 0 Å². The number of anilines is 3. The van der Waals surface area contributed by atoms with Crippen LogP contribution in [0.3, 0.4) is 0 Å². The largest absolute Gasteiger partial charge is 0.374 e. The van der Waals surface area contributed by atoms with E-state index in [1.807, 2.05) is 19.1 Å². The Morgan fingerprint density at radius 1 is 0.857 bits per heavy atom. The third kappa shape index (κ3) is 5.35. The van der Waals surface area contributed by atoms with Gasteiger partial charge in [0.2, 0.25) is 5.91 Å². The fourth-order valence-corrected chi connectivity index (χ4v) is 3.45. The van der Waals surface area contributed by atoms with Crippen LogP contribution in [-0.4, -0.2) is 30.8 Å². The Kier molecular flexibility index (Phi) is 6.69. The highest BCUT2D eigenvalue weighted by molar-refractivity contribution is 5.97. The molecule has 0 aliphatic carbocycles. The summed E-state index contributed by atoms with van der Waals surface area (Å²) in [5, 5.41) is 6.13. The molecule has 1 amide bonds. The maximum atomic E-state index is 12.4. The number of ketones is 1. The van der Waals surface area contributed by atoms with Gasteiger partial charge < -0.3 is 15.5 Å². The van der Waals surface area contributed by atoms with E-state index in [4.69, 9.17) is 0 Å². The van der Waals surface area contributed by atoms with E-state index >= 15 is 0 Å². The highest BCUT2D eigenvalue weighted by atomic mass is 16.2. The Morgan fingerprint density at radius 3 is 2.00 bits per heavy atom. The van der Waals surface area contributed by atoms with Crippen molar-refractivity contribution in [2.75, 3.05) is 28.6 Å². The number of carbonyl (C=O) groups is 2. The van der Waals surface area contributed by atoms with Crippen molar-refractivity contribution in [1.82, 2.24) is 0 Å². The van der Waals surface area contributed by atoms with Crippen LogP contribution in [0, 0.1) is 0 Å². The lowest BCUT2D eigenvalue weighted by molar-refractivity contribution is -0.116. The first-order valence-electron chi connectivity index (χ1n) is 10.1. The van der Waals surface area contributed by atoms with Crippen LogP contribution in [0.25, 0.3) is 0 Å². The summed E-state index contributed by atoms with van der Waals surface area (Å²) in [6.07, 6.45) is 5.15. The van der Waals surface area contributed by atoms with Gasteiger partial charge >= 0.3 is 0 Å². The molecular weight excluding hydrogens is 350 g/mol. The fraction of sp³-hybridized carbons (Fsp3) is 0.391. The molecule has 5 nitrogen and oxygen atoms in total. The molecule has 2 aromatic rings. The van der Waals surface area contributed by atoms with Gasteiger partial charge in [0.1, 0.15) is 6.04 Å². The minimum atomic E-state index is -0.378. The Balaban J connectivity index is 1.55. The summed E-state index contributed by atoms with van der Waals surface area (Å²) in [7, 11) is 0. The highest BCUT2D eigenvalue weighted by Crippen LogP contribution is 2.22. The lowest BCUT2D eigenvalue weighted by atomic mass is 10.1. The third-order valence-corrected chi connectivity index (χ3v) is 5.17. The van der Waals surface area contributed by atoms with E-state index in [0.29, 0.717) is 11.3 Å². The summed E-state index contributed by atoms with van der Waals surface area (Å²) in [5.74, 6) is -0.108. The summed E-state index contributed by atoms with van der Waals surface area (Å²) in [5.41, 5.74) is 3.48. The highest BCUT2D eigenvalue weighted by Gasteiger charge is 2.14. The van der Waals surface area contributed by atoms with Gasteiger partial charge in [-0.3, -0.25) is 9.59 Å². The smallest absolute Gasteiger partial charge is 0.246 e. The molecule has 0 radical (unpaired) electrons. The van der Waals surface area contributed by atoms with Crippen LogP contribution in [-0.2, 0) is 4.79 Å². The molecule has 3 rings (SSSR count). The van der Waals surface area contributed by atoms with Gasteiger partial charge in [-0.25, -0.2) is 0 Å². The maximum absolute atomic E-state index is 12.4.